The van der Waals surface area contributed by atoms with E-state index in [0.717, 1.165) is 0 Å². The Morgan fingerprint density at radius 3 is 2.29 bits per heavy atom. The first-order chi connectivity index (χ1) is 6.32. The molecule has 76 valence electrons. The molecule has 0 amide bonds. The lowest BCUT2D eigenvalue weighted by molar-refractivity contribution is -0.140. The quantitative estimate of drug-likeness (QED) is 0.567. The molecule has 3 nitrogen and oxygen atoms in total. The summed E-state index contributed by atoms with van der Waals surface area (Å²) in [6.45, 7) is 0. The van der Waals surface area contributed by atoms with Crippen LogP contribution < -0.4 is 0 Å². The monoisotopic (exact) mass is 209 g/mol. The molecule has 0 saturated heterocycles. The minimum Gasteiger partial charge on any atom is -0.477 e. The molecule has 0 saturated carbocycles. The first kappa shape index (κ1) is 10.4. The molecule has 1 heterocycles. The second kappa shape index (κ2) is 3.24. The zero-order chi connectivity index (χ0) is 10.9. The smallest absolute Gasteiger partial charge is 0.420 e. The predicted octanol–water partition coefficient (Wildman–Crippen LogP) is 1.94. The number of hydrogen-bond donors (Lipinski definition) is 1. The second-order valence-corrected chi connectivity index (χ2v) is 2.34. The average molecular weight is 209 g/mol. The molecular weight excluding hydrogens is 206 g/mol. The summed E-state index contributed by atoms with van der Waals surface area (Å²) in [5.41, 5.74) is -2.35. The van der Waals surface area contributed by atoms with Crippen molar-refractivity contribution in [2.75, 3.05) is 0 Å². The molecule has 1 aromatic rings. The van der Waals surface area contributed by atoms with Crippen LogP contribution in [0.2, 0.25) is 0 Å². The Hall–Kier alpha value is -1.66. The van der Waals surface area contributed by atoms with Crippen LogP contribution in [-0.2, 0) is 6.18 Å². The highest BCUT2D eigenvalue weighted by molar-refractivity contribution is 5.85. The highest BCUT2D eigenvalue weighted by Gasteiger charge is 2.35. The highest BCUT2D eigenvalue weighted by Crippen LogP contribution is 2.30. The molecule has 1 rings (SSSR count). The lowest BCUT2D eigenvalue weighted by Gasteiger charge is -2.06. The van der Waals surface area contributed by atoms with Crippen molar-refractivity contribution in [3.05, 3.63) is 29.3 Å². The average Bonchev–Trinajstić information content (AvgIpc) is 2.01. The van der Waals surface area contributed by atoms with Crippen molar-refractivity contribution in [3.8, 4) is 0 Å². The zero-order valence-electron chi connectivity index (χ0n) is 6.47. The summed E-state index contributed by atoms with van der Waals surface area (Å²) in [5, 5.41) is 8.29. The largest absolute Gasteiger partial charge is 0.477 e. The zero-order valence-corrected chi connectivity index (χ0v) is 6.47. The van der Waals surface area contributed by atoms with Crippen LogP contribution in [0.5, 0.6) is 0 Å². The van der Waals surface area contributed by atoms with Crippen LogP contribution in [0.15, 0.2) is 12.1 Å². The summed E-state index contributed by atoms with van der Waals surface area (Å²) in [6.07, 6.45) is -4.87. The number of hydrogen-bond acceptors (Lipinski definition) is 2. The van der Waals surface area contributed by atoms with Gasteiger partial charge in [0.15, 0.2) is 5.69 Å². The van der Waals surface area contributed by atoms with Crippen molar-refractivity contribution in [2.45, 2.75) is 6.18 Å². The van der Waals surface area contributed by atoms with Crippen LogP contribution in [0.3, 0.4) is 0 Å². The Morgan fingerprint density at radius 1 is 1.36 bits per heavy atom. The third-order valence-electron chi connectivity index (χ3n) is 1.37. The van der Waals surface area contributed by atoms with E-state index in [0.29, 0.717) is 12.1 Å². The van der Waals surface area contributed by atoms with Crippen LogP contribution >= 0.6 is 0 Å². The number of pyridine rings is 1. The van der Waals surface area contributed by atoms with E-state index in [2.05, 4.69) is 4.98 Å². The Bertz CT molecular complexity index is 374. The maximum absolute atomic E-state index is 12.6. The lowest BCUT2D eigenvalue weighted by Crippen LogP contribution is -2.12. The molecule has 0 aliphatic carbocycles. The van der Waals surface area contributed by atoms with Crippen molar-refractivity contribution < 1.29 is 27.5 Å². The van der Waals surface area contributed by atoms with Crippen LogP contribution in [0.4, 0.5) is 17.6 Å². The Morgan fingerprint density at radius 2 is 1.93 bits per heavy atom. The fourth-order valence-corrected chi connectivity index (χ4v) is 0.765. The SMILES string of the molecule is O=C(O)c1ccc(C(F)(F)F)c(F)n1. The van der Waals surface area contributed by atoms with E-state index < -0.39 is 29.4 Å². The molecule has 0 aliphatic heterocycles. The molecule has 0 spiro atoms. The van der Waals surface area contributed by atoms with Crippen LogP contribution in [-0.4, -0.2) is 16.1 Å². The molecule has 1 N–H and O–H groups in total. The molecule has 1 aromatic heterocycles. The van der Waals surface area contributed by atoms with Crippen molar-refractivity contribution in [3.63, 3.8) is 0 Å². The molecule has 7 heteroatoms. The number of halogens is 4. The van der Waals surface area contributed by atoms with E-state index in [1.807, 2.05) is 0 Å². The van der Waals surface area contributed by atoms with Gasteiger partial charge in [0, 0.05) is 0 Å². The van der Waals surface area contributed by atoms with Gasteiger partial charge in [0.05, 0.1) is 0 Å². The van der Waals surface area contributed by atoms with Gasteiger partial charge in [-0.1, -0.05) is 0 Å². The van der Waals surface area contributed by atoms with Crippen LogP contribution in [0.25, 0.3) is 0 Å². The van der Waals surface area contributed by atoms with Gasteiger partial charge in [0.2, 0.25) is 5.95 Å². The van der Waals surface area contributed by atoms with E-state index >= 15 is 0 Å². The molecule has 14 heavy (non-hydrogen) atoms. The van der Waals surface area contributed by atoms with Gasteiger partial charge in [-0.05, 0) is 12.1 Å². The number of alkyl halides is 3. The van der Waals surface area contributed by atoms with E-state index in [1.165, 1.54) is 0 Å². The van der Waals surface area contributed by atoms with E-state index in [-0.39, 0.29) is 0 Å². The van der Waals surface area contributed by atoms with E-state index in [1.54, 1.807) is 0 Å². The van der Waals surface area contributed by atoms with Crippen molar-refractivity contribution in [1.29, 1.82) is 0 Å². The van der Waals surface area contributed by atoms with Crippen LogP contribution in [0.1, 0.15) is 16.1 Å². The second-order valence-electron chi connectivity index (χ2n) is 2.34. The third-order valence-corrected chi connectivity index (χ3v) is 1.37. The number of carboxylic acid groups (broad SMARTS) is 1. The molecular formula is C7H3F4NO2. The minimum atomic E-state index is -4.87. The first-order valence-electron chi connectivity index (χ1n) is 3.29. The van der Waals surface area contributed by atoms with Crippen molar-refractivity contribution in [2.24, 2.45) is 0 Å². The topological polar surface area (TPSA) is 50.2 Å². The number of aromatic nitrogens is 1. The van der Waals surface area contributed by atoms with E-state index in [9.17, 15) is 22.4 Å². The fourth-order valence-electron chi connectivity index (χ4n) is 0.765. The van der Waals surface area contributed by atoms with Gasteiger partial charge in [-0.2, -0.15) is 17.6 Å². The number of carboxylic acids is 1. The molecule has 0 bridgehead atoms. The molecule has 0 radical (unpaired) electrons. The maximum Gasteiger partial charge on any atom is 0.420 e. The summed E-state index contributed by atoms with van der Waals surface area (Å²) >= 11 is 0. The summed E-state index contributed by atoms with van der Waals surface area (Å²) < 4.78 is 48.5. The highest BCUT2D eigenvalue weighted by atomic mass is 19.4. The van der Waals surface area contributed by atoms with E-state index in [4.69, 9.17) is 5.11 Å². The molecule has 0 unspecified atom stereocenters. The van der Waals surface area contributed by atoms with Gasteiger partial charge >= 0.3 is 12.1 Å². The normalized spacial score (nSPS) is 11.4. The summed E-state index contributed by atoms with van der Waals surface area (Å²) in [5.74, 6) is -3.42. The number of nitrogens with zero attached hydrogens (tertiary/aromatic N) is 1. The van der Waals surface area contributed by atoms with Gasteiger partial charge in [-0.3, -0.25) is 0 Å². The van der Waals surface area contributed by atoms with Gasteiger partial charge in [-0.25, -0.2) is 9.78 Å². The van der Waals surface area contributed by atoms with Crippen molar-refractivity contribution in [1.82, 2.24) is 4.98 Å². The third kappa shape index (κ3) is 1.98. The lowest BCUT2D eigenvalue weighted by atomic mass is 10.2. The Balaban J connectivity index is 3.21. The number of carbonyl (C=O) groups is 1. The first-order valence-corrected chi connectivity index (χ1v) is 3.29. The minimum absolute atomic E-state index is 0.339. The Labute approximate surface area is 75.0 Å². The van der Waals surface area contributed by atoms with Gasteiger partial charge < -0.3 is 5.11 Å². The number of rotatable bonds is 1. The fraction of sp³-hybridized carbons (Fsp3) is 0.143. The van der Waals surface area contributed by atoms with Gasteiger partial charge in [0.1, 0.15) is 5.56 Å². The van der Waals surface area contributed by atoms with Gasteiger partial charge in [-0.15, -0.1) is 0 Å². The molecule has 0 atom stereocenters. The number of aromatic carboxylic acids is 1. The summed E-state index contributed by atoms with van der Waals surface area (Å²) in [6, 6.07) is 0.931. The molecule has 0 aliphatic rings. The predicted molar refractivity (Wildman–Crippen MR) is 36.2 cm³/mol. The van der Waals surface area contributed by atoms with Crippen molar-refractivity contribution >= 4 is 5.97 Å². The molecule has 0 aromatic carbocycles. The molecule has 0 fully saturated rings. The maximum atomic E-state index is 12.6. The Kier molecular flexibility index (Phi) is 2.41. The van der Waals surface area contributed by atoms with Crippen LogP contribution in [0, 0.1) is 5.95 Å². The summed E-state index contributed by atoms with van der Waals surface area (Å²) in [7, 11) is 0. The standard InChI is InChI=1S/C7H3F4NO2/c8-5-3(7(9,10)11)1-2-4(12-5)6(13)14/h1-2H,(H,13,14). The van der Waals surface area contributed by atoms with Gasteiger partial charge in [0.25, 0.3) is 0 Å². The summed E-state index contributed by atoms with van der Waals surface area (Å²) in [4.78, 5) is 12.9.